The van der Waals surface area contributed by atoms with E-state index in [-0.39, 0.29) is 18.6 Å². The maximum absolute atomic E-state index is 13.2. The third kappa shape index (κ3) is 12.1. The highest BCUT2D eigenvalue weighted by molar-refractivity contribution is 7.46. The molecule has 0 aromatic heterocycles. The van der Waals surface area contributed by atoms with Crippen LogP contribution in [0.15, 0.2) is 54.6 Å². The van der Waals surface area contributed by atoms with Gasteiger partial charge in [0.15, 0.2) is 0 Å². The minimum atomic E-state index is -4.98. The van der Waals surface area contributed by atoms with Crippen molar-refractivity contribution >= 4 is 37.4 Å². The lowest BCUT2D eigenvalue weighted by molar-refractivity contribution is -0.140. The number of benzene rings is 2. The van der Waals surface area contributed by atoms with Crippen molar-refractivity contribution in [2.75, 3.05) is 20.2 Å². The lowest BCUT2D eigenvalue weighted by Gasteiger charge is -2.29. The molecule has 4 atom stereocenters. The monoisotopic (exact) mass is 636 g/mol. The van der Waals surface area contributed by atoms with Gasteiger partial charge in [0.05, 0.1) is 19.2 Å². The second-order valence-corrected chi connectivity index (χ2v) is 11.1. The maximum atomic E-state index is 13.2. The molecule has 0 aliphatic carbocycles. The molecule has 16 nitrogen and oxygen atoms in total. The molecule has 2 aromatic carbocycles. The molecule has 10 N–H and O–H groups in total. The molecular formula is C27H37N6O10P. The fourth-order valence-electron chi connectivity index (χ4n) is 3.86. The van der Waals surface area contributed by atoms with Crippen molar-refractivity contribution < 1.29 is 48.0 Å². The van der Waals surface area contributed by atoms with Crippen LogP contribution in [0.1, 0.15) is 18.1 Å². The number of aromatic hydroxyl groups is 1. The van der Waals surface area contributed by atoms with Crippen LogP contribution in [0.4, 0.5) is 0 Å². The number of phosphoric ester groups is 1. The molecule has 0 spiro atoms. The highest BCUT2D eigenvalue weighted by Gasteiger charge is 2.32. The molecule has 0 aliphatic heterocycles. The van der Waals surface area contributed by atoms with E-state index < -0.39 is 74.7 Å². The number of carbonyl (C=O) groups is 5. The highest BCUT2D eigenvalue weighted by atomic mass is 31.2. The Kier molecular flexibility index (Phi) is 13.4. The average molecular weight is 637 g/mol. The smallest absolute Gasteiger partial charge is 0.469 e. The predicted molar refractivity (Wildman–Crippen MR) is 156 cm³/mol. The van der Waals surface area contributed by atoms with Gasteiger partial charge >= 0.3 is 7.82 Å². The Hall–Kier alpha value is -4.34. The second-order valence-electron chi connectivity index (χ2n) is 9.89. The number of hydrogen-bond acceptors (Lipinski definition) is 9. The number of primary amides is 1. The Bertz CT molecular complexity index is 1350. The van der Waals surface area contributed by atoms with Crippen LogP contribution >= 0.6 is 7.82 Å². The number of hydrogen-bond donors (Lipinski definition) is 8. The van der Waals surface area contributed by atoms with Gasteiger partial charge in [0.1, 0.15) is 23.9 Å². The molecule has 0 saturated carbocycles. The van der Waals surface area contributed by atoms with E-state index in [1.165, 1.54) is 26.1 Å². The lowest BCUT2D eigenvalue weighted by atomic mass is 10.0. The number of phosphoric acid groups is 1. The predicted octanol–water partition coefficient (Wildman–Crippen LogP) is -1.97. The van der Waals surface area contributed by atoms with Crippen LogP contribution in [0.5, 0.6) is 5.75 Å². The molecule has 0 saturated heterocycles. The number of rotatable bonds is 16. The van der Waals surface area contributed by atoms with Crippen LogP contribution in [0.2, 0.25) is 0 Å². The van der Waals surface area contributed by atoms with Crippen LogP contribution in [0.25, 0.3) is 0 Å². The Labute approximate surface area is 253 Å². The van der Waals surface area contributed by atoms with Gasteiger partial charge in [0.25, 0.3) is 0 Å². The van der Waals surface area contributed by atoms with Crippen molar-refractivity contribution in [3.63, 3.8) is 0 Å². The Balaban J connectivity index is 2.03. The minimum Gasteiger partial charge on any atom is -0.508 e. The number of nitrogens with one attached hydrogen (secondary N) is 3. The summed E-state index contributed by atoms with van der Waals surface area (Å²) in [6.45, 7) is -0.0857. The number of amides is 5. The van der Waals surface area contributed by atoms with Gasteiger partial charge in [0, 0.05) is 13.5 Å². The normalized spacial score (nSPS) is 13.9. The van der Waals surface area contributed by atoms with Crippen molar-refractivity contribution in [1.29, 1.82) is 0 Å². The van der Waals surface area contributed by atoms with Crippen LogP contribution in [-0.2, 0) is 45.9 Å². The first-order valence-electron chi connectivity index (χ1n) is 13.3. The van der Waals surface area contributed by atoms with E-state index in [4.69, 9.17) is 21.3 Å². The van der Waals surface area contributed by atoms with Crippen molar-refractivity contribution in [3.05, 3.63) is 65.7 Å². The fourth-order valence-corrected chi connectivity index (χ4v) is 4.20. The summed E-state index contributed by atoms with van der Waals surface area (Å²) in [6, 6.07) is 9.74. The molecule has 0 aliphatic rings. The average Bonchev–Trinajstić information content (AvgIpc) is 2.96. The molecule has 0 radical (unpaired) electrons. The number of nitrogens with two attached hydrogens (primary N) is 2. The molecular weight excluding hydrogens is 599 g/mol. The second kappa shape index (κ2) is 16.5. The van der Waals surface area contributed by atoms with Crippen molar-refractivity contribution in [3.8, 4) is 5.75 Å². The Morgan fingerprint density at radius 3 is 2.07 bits per heavy atom. The summed E-state index contributed by atoms with van der Waals surface area (Å²) < 4.78 is 15.4. The molecule has 17 heteroatoms. The summed E-state index contributed by atoms with van der Waals surface area (Å²) in [7, 11) is -3.69. The van der Waals surface area contributed by atoms with Gasteiger partial charge in [-0.05, 0) is 36.6 Å². The first kappa shape index (κ1) is 35.9. The molecule has 0 heterocycles. The van der Waals surface area contributed by atoms with E-state index >= 15 is 0 Å². The van der Waals surface area contributed by atoms with Crippen LogP contribution in [-0.4, -0.2) is 93.7 Å². The summed E-state index contributed by atoms with van der Waals surface area (Å²) in [6.07, 6.45) is 0.121. The van der Waals surface area contributed by atoms with E-state index in [0.717, 1.165) is 4.90 Å². The van der Waals surface area contributed by atoms with Crippen molar-refractivity contribution in [2.24, 2.45) is 11.5 Å². The standard InChI is InChI=1S/C27H37N6O10P/c1-16(31-26(38)20(28)12-18-8-10-19(34)11-9-18)25(37)30-14-23(35)33(2)22(13-17-6-4-3-5-7-17)27(39)32-21(24(29)36)15-43-44(40,41)42/h3-11,16,20-22,34H,12-15,28H2,1-2H3,(H2,29,36)(H,30,37)(H,31,38)(H,32,39)(H2,40,41,42)/t16-,20+,21+,22+/m1/s1. The van der Waals surface area contributed by atoms with Gasteiger partial charge in [-0.3, -0.25) is 28.5 Å². The van der Waals surface area contributed by atoms with Gasteiger partial charge in [-0.2, -0.15) is 0 Å². The van der Waals surface area contributed by atoms with E-state index in [1.807, 2.05) is 0 Å². The van der Waals surface area contributed by atoms with Gasteiger partial charge in [0.2, 0.25) is 29.5 Å². The summed E-state index contributed by atoms with van der Waals surface area (Å²) >= 11 is 0. The van der Waals surface area contributed by atoms with Crippen LogP contribution in [0, 0.1) is 0 Å². The third-order valence-electron chi connectivity index (χ3n) is 6.40. The Morgan fingerprint density at radius 2 is 1.50 bits per heavy atom. The number of phenolic OH excluding ortho intramolecular Hbond substituents is 1. The quantitative estimate of drug-likeness (QED) is 0.0937. The molecule has 0 bridgehead atoms. The third-order valence-corrected chi connectivity index (χ3v) is 6.88. The van der Waals surface area contributed by atoms with Crippen LogP contribution in [0.3, 0.4) is 0 Å². The van der Waals surface area contributed by atoms with Gasteiger partial charge in [-0.1, -0.05) is 42.5 Å². The first-order valence-corrected chi connectivity index (χ1v) is 14.8. The van der Waals surface area contributed by atoms with Gasteiger partial charge < -0.3 is 47.2 Å². The number of phenols is 1. The summed E-state index contributed by atoms with van der Waals surface area (Å²) in [5, 5.41) is 16.5. The van der Waals surface area contributed by atoms with E-state index in [0.29, 0.717) is 11.1 Å². The van der Waals surface area contributed by atoms with E-state index in [9.17, 15) is 33.6 Å². The Morgan fingerprint density at radius 1 is 0.909 bits per heavy atom. The first-order chi connectivity index (χ1) is 20.6. The van der Waals surface area contributed by atoms with E-state index in [1.54, 1.807) is 42.5 Å². The summed E-state index contributed by atoms with van der Waals surface area (Å²) in [5.41, 5.74) is 12.5. The zero-order valence-electron chi connectivity index (χ0n) is 24.1. The fraction of sp³-hybridized carbons (Fsp3) is 0.370. The minimum absolute atomic E-state index is 0.0287. The zero-order chi connectivity index (χ0) is 33.0. The van der Waals surface area contributed by atoms with E-state index in [2.05, 4.69) is 20.5 Å². The van der Waals surface area contributed by atoms with Gasteiger partial charge in [-0.15, -0.1) is 0 Å². The largest absolute Gasteiger partial charge is 0.508 e. The molecule has 2 aromatic rings. The number of carbonyl (C=O) groups excluding carboxylic acids is 5. The van der Waals surface area contributed by atoms with Gasteiger partial charge in [-0.25, -0.2) is 4.57 Å². The maximum Gasteiger partial charge on any atom is 0.469 e. The molecule has 44 heavy (non-hydrogen) atoms. The highest BCUT2D eigenvalue weighted by Crippen LogP contribution is 2.35. The van der Waals surface area contributed by atoms with Crippen LogP contribution < -0.4 is 27.4 Å². The van der Waals surface area contributed by atoms with Crippen molar-refractivity contribution in [1.82, 2.24) is 20.9 Å². The number of nitrogens with zero attached hydrogens (tertiary/aromatic N) is 1. The summed E-state index contributed by atoms with van der Waals surface area (Å²) in [4.78, 5) is 82.0. The number of likely N-dealkylation sites (N-methyl/N-ethyl adjacent to an activating group) is 1. The molecule has 2 rings (SSSR count). The summed E-state index contributed by atoms with van der Waals surface area (Å²) in [5.74, 6) is -3.98. The lowest BCUT2D eigenvalue weighted by Crippen LogP contribution is -2.57. The SMILES string of the molecule is C[C@@H](NC(=O)[C@@H](N)Cc1ccc(O)cc1)C(=O)NCC(=O)N(C)[C@@H](Cc1ccccc1)C(=O)N[C@@H](COP(=O)(O)O)C(N)=O. The topological polar surface area (TPSA) is 264 Å². The molecule has 0 fully saturated rings. The molecule has 240 valence electrons. The molecule has 0 unspecified atom stereocenters. The van der Waals surface area contributed by atoms with Crippen molar-refractivity contribution in [2.45, 2.75) is 43.9 Å². The molecule has 5 amide bonds. The zero-order valence-corrected chi connectivity index (χ0v) is 25.0.